The lowest BCUT2D eigenvalue weighted by atomic mass is 10.1. The minimum absolute atomic E-state index is 0.00799. The van der Waals surface area contributed by atoms with Crippen LogP contribution in [0.25, 0.3) is 0 Å². The molecule has 0 aliphatic rings. The summed E-state index contributed by atoms with van der Waals surface area (Å²) in [6.07, 6.45) is 5.73. The summed E-state index contributed by atoms with van der Waals surface area (Å²) in [5, 5.41) is 3.70. The third-order valence-electron chi connectivity index (χ3n) is 3.08. The molecule has 112 valence electrons. The molecule has 1 atom stereocenters. The lowest BCUT2D eigenvalue weighted by Crippen LogP contribution is -2.21. The first-order chi connectivity index (χ1) is 9.61. The molecule has 0 saturated carbocycles. The SMILES string of the molecule is CCCCCCC(C)OC(=O)CNc1ccc(Cl)cc1. The van der Waals surface area contributed by atoms with Gasteiger partial charge in [0.2, 0.25) is 0 Å². The molecule has 0 aromatic heterocycles. The van der Waals surface area contributed by atoms with Gasteiger partial charge in [-0.15, -0.1) is 0 Å². The Balaban J connectivity index is 2.17. The van der Waals surface area contributed by atoms with Crippen LogP contribution < -0.4 is 5.32 Å². The van der Waals surface area contributed by atoms with Crippen molar-refractivity contribution in [3.63, 3.8) is 0 Å². The van der Waals surface area contributed by atoms with E-state index in [1.165, 1.54) is 19.3 Å². The highest BCUT2D eigenvalue weighted by atomic mass is 35.5. The normalized spacial score (nSPS) is 11.9. The second kappa shape index (κ2) is 9.65. The van der Waals surface area contributed by atoms with Gasteiger partial charge in [-0.1, -0.05) is 37.8 Å². The molecule has 1 N–H and O–H groups in total. The van der Waals surface area contributed by atoms with Crippen molar-refractivity contribution in [3.05, 3.63) is 29.3 Å². The van der Waals surface area contributed by atoms with E-state index in [2.05, 4.69) is 12.2 Å². The molecule has 0 fully saturated rings. The number of nitrogens with one attached hydrogen (secondary N) is 1. The smallest absolute Gasteiger partial charge is 0.325 e. The highest BCUT2D eigenvalue weighted by Gasteiger charge is 2.09. The first kappa shape index (κ1) is 16.8. The van der Waals surface area contributed by atoms with Gasteiger partial charge in [0.15, 0.2) is 0 Å². The topological polar surface area (TPSA) is 38.3 Å². The lowest BCUT2D eigenvalue weighted by Gasteiger charge is -2.13. The van der Waals surface area contributed by atoms with Crippen molar-refractivity contribution in [3.8, 4) is 0 Å². The number of benzene rings is 1. The van der Waals surface area contributed by atoms with E-state index < -0.39 is 0 Å². The van der Waals surface area contributed by atoms with Gasteiger partial charge in [0.25, 0.3) is 0 Å². The number of hydrogen-bond donors (Lipinski definition) is 1. The predicted octanol–water partition coefficient (Wildman–Crippen LogP) is 4.65. The van der Waals surface area contributed by atoms with Crippen molar-refractivity contribution in [2.75, 3.05) is 11.9 Å². The van der Waals surface area contributed by atoms with E-state index in [0.717, 1.165) is 18.5 Å². The summed E-state index contributed by atoms with van der Waals surface area (Å²) in [5.41, 5.74) is 0.863. The molecule has 3 nitrogen and oxygen atoms in total. The van der Waals surface area contributed by atoms with Gasteiger partial charge in [-0.05, 0) is 44.0 Å². The quantitative estimate of drug-likeness (QED) is 0.532. The van der Waals surface area contributed by atoms with Gasteiger partial charge in [-0.2, -0.15) is 0 Å². The highest BCUT2D eigenvalue weighted by Crippen LogP contribution is 2.13. The molecule has 0 aliphatic carbocycles. The number of hydrogen-bond acceptors (Lipinski definition) is 3. The van der Waals surface area contributed by atoms with Gasteiger partial charge in [0.05, 0.1) is 6.10 Å². The Morgan fingerprint density at radius 1 is 1.25 bits per heavy atom. The van der Waals surface area contributed by atoms with E-state index in [4.69, 9.17) is 16.3 Å². The molecule has 0 amide bonds. The number of unbranched alkanes of at least 4 members (excludes halogenated alkanes) is 3. The summed E-state index contributed by atoms with van der Waals surface area (Å²) in [4.78, 5) is 11.7. The standard InChI is InChI=1S/C16H24ClNO2/c1-3-4-5-6-7-13(2)20-16(19)12-18-15-10-8-14(17)9-11-15/h8-11,13,18H,3-7,12H2,1-2H3. The zero-order valence-electron chi connectivity index (χ0n) is 12.3. The second-order valence-corrected chi connectivity index (χ2v) is 5.45. The molecule has 0 saturated heterocycles. The van der Waals surface area contributed by atoms with Gasteiger partial charge >= 0.3 is 5.97 Å². The number of carbonyl (C=O) groups excluding carboxylic acids is 1. The summed E-state index contributed by atoms with van der Waals surface area (Å²) < 4.78 is 5.35. The second-order valence-electron chi connectivity index (χ2n) is 5.01. The molecule has 0 aliphatic heterocycles. The number of anilines is 1. The average Bonchev–Trinajstić information content (AvgIpc) is 2.43. The van der Waals surface area contributed by atoms with Gasteiger partial charge < -0.3 is 10.1 Å². The molecule has 1 unspecified atom stereocenters. The van der Waals surface area contributed by atoms with Gasteiger partial charge in [0.1, 0.15) is 6.54 Å². The number of halogens is 1. The Labute approximate surface area is 126 Å². The van der Waals surface area contributed by atoms with Crippen LogP contribution in [0.1, 0.15) is 46.0 Å². The number of ether oxygens (including phenoxy) is 1. The fourth-order valence-electron chi connectivity index (χ4n) is 1.93. The summed E-state index contributed by atoms with van der Waals surface area (Å²) in [6, 6.07) is 7.24. The largest absolute Gasteiger partial charge is 0.461 e. The van der Waals surface area contributed by atoms with Crippen LogP contribution in [0.5, 0.6) is 0 Å². The van der Waals surface area contributed by atoms with Crippen LogP contribution in [0.4, 0.5) is 5.69 Å². The predicted molar refractivity (Wildman–Crippen MR) is 84.3 cm³/mol. The highest BCUT2D eigenvalue weighted by molar-refractivity contribution is 6.30. The average molecular weight is 298 g/mol. The van der Waals surface area contributed by atoms with Crippen LogP contribution in [0, 0.1) is 0 Å². The van der Waals surface area contributed by atoms with E-state index in [1.54, 1.807) is 12.1 Å². The summed E-state index contributed by atoms with van der Waals surface area (Å²) in [5.74, 6) is -0.219. The van der Waals surface area contributed by atoms with E-state index in [0.29, 0.717) is 5.02 Å². The van der Waals surface area contributed by atoms with E-state index in [9.17, 15) is 4.79 Å². The van der Waals surface area contributed by atoms with Gasteiger partial charge in [0, 0.05) is 10.7 Å². The van der Waals surface area contributed by atoms with Crippen LogP contribution in [0.2, 0.25) is 5.02 Å². The maximum atomic E-state index is 11.7. The first-order valence-electron chi connectivity index (χ1n) is 7.30. The minimum Gasteiger partial charge on any atom is -0.461 e. The fourth-order valence-corrected chi connectivity index (χ4v) is 2.05. The number of esters is 1. The molecule has 20 heavy (non-hydrogen) atoms. The van der Waals surface area contributed by atoms with E-state index >= 15 is 0 Å². The molecule has 0 bridgehead atoms. The molecule has 0 spiro atoms. The Bertz CT molecular complexity index is 392. The molecular formula is C16H24ClNO2. The lowest BCUT2D eigenvalue weighted by molar-refractivity contribution is -0.146. The van der Waals surface area contributed by atoms with Crippen LogP contribution in [-0.2, 0) is 9.53 Å². The van der Waals surface area contributed by atoms with Crippen molar-refractivity contribution in [2.45, 2.75) is 52.1 Å². The van der Waals surface area contributed by atoms with Crippen LogP contribution in [-0.4, -0.2) is 18.6 Å². The van der Waals surface area contributed by atoms with Crippen LogP contribution >= 0.6 is 11.6 Å². The molecule has 1 rings (SSSR count). The Morgan fingerprint density at radius 2 is 1.95 bits per heavy atom. The summed E-state index contributed by atoms with van der Waals surface area (Å²) >= 11 is 5.79. The van der Waals surface area contributed by atoms with E-state index in [1.807, 2.05) is 19.1 Å². The summed E-state index contributed by atoms with van der Waals surface area (Å²) in [7, 11) is 0. The van der Waals surface area contributed by atoms with E-state index in [-0.39, 0.29) is 18.6 Å². The molecule has 0 radical (unpaired) electrons. The Kier molecular flexibility index (Phi) is 8.12. The van der Waals surface area contributed by atoms with Gasteiger partial charge in [-0.3, -0.25) is 4.79 Å². The molecular weight excluding hydrogens is 274 g/mol. The maximum absolute atomic E-state index is 11.7. The Hall–Kier alpha value is -1.22. The number of rotatable bonds is 9. The van der Waals surface area contributed by atoms with Crippen molar-refractivity contribution in [1.29, 1.82) is 0 Å². The minimum atomic E-state index is -0.219. The Morgan fingerprint density at radius 3 is 2.60 bits per heavy atom. The van der Waals surface area contributed by atoms with Crippen molar-refractivity contribution >= 4 is 23.3 Å². The zero-order chi connectivity index (χ0) is 14.8. The third-order valence-corrected chi connectivity index (χ3v) is 3.33. The van der Waals surface area contributed by atoms with Crippen molar-refractivity contribution < 1.29 is 9.53 Å². The molecule has 1 aromatic rings. The molecule has 1 aromatic carbocycles. The first-order valence-corrected chi connectivity index (χ1v) is 7.68. The molecule has 0 heterocycles. The maximum Gasteiger partial charge on any atom is 0.325 e. The monoisotopic (exact) mass is 297 g/mol. The fraction of sp³-hybridized carbons (Fsp3) is 0.562. The van der Waals surface area contributed by atoms with Crippen molar-refractivity contribution in [1.82, 2.24) is 0 Å². The third kappa shape index (κ3) is 7.39. The zero-order valence-corrected chi connectivity index (χ0v) is 13.1. The van der Waals surface area contributed by atoms with Crippen LogP contribution in [0.3, 0.4) is 0 Å². The van der Waals surface area contributed by atoms with Gasteiger partial charge in [-0.25, -0.2) is 0 Å². The van der Waals surface area contributed by atoms with Crippen LogP contribution in [0.15, 0.2) is 24.3 Å². The number of carbonyl (C=O) groups is 1. The van der Waals surface area contributed by atoms with Crippen molar-refractivity contribution in [2.24, 2.45) is 0 Å². The molecule has 4 heteroatoms. The summed E-state index contributed by atoms with van der Waals surface area (Å²) in [6.45, 7) is 4.32.